The quantitative estimate of drug-likeness (QED) is 0.239. The molecule has 0 saturated carbocycles. The van der Waals surface area contributed by atoms with Crippen LogP contribution in [0.1, 0.15) is 63.2 Å². The molecule has 0 fully saturated rings. The van der Waals surface area contributed by atoms with Gasteiger partial charge in [0.15, 0.2) is 5.65 Å². The average Bonchev–Trinajstić information content (AvgIpc) is 3.12. The number of rotatable bonds is 4. The Hall–Kier alpha value is -2.52. The number of hydrogen-bond acceptors (Lipinski definition) is 4. The van der Waals surface area contributed by atoms with Gasteiger partial charge in [-0.1, -0.05) is 88.2 Å². The number of nitrogens with one attached hydrogen (secondary N) is 1. The lowest BCUT2D eigenvalue weighted by Gasteiger charge is -2.19. The predicted molar refractivity (Wildman–Crippen MR) is 146 cm³/mol. The summed E-state index contributed by atoms with van der Waals surface area (Å²) in [5.41, 5.74) is 3.82. The summed E-state index contributed by atoms with van der Waals surface area (Å²) in [6, 6.07) is 13.7. The van der Waals surface area contributed by atoms with Crippen LogP contribution in [-0.2, 0) is 16.4 Å². The Kier molecular flexibility index (Phi) is 8.69. The second kappa shape index (κ2) is 11.1. The molecular weight excluding hydrogens is 538 g/mol. The van der Waals surface area contributed by atoms with Crippen LogP contribution in [0.2, 0.25) is 10.0 Å². The number of halogens is 2. The fourth-order valence-corrected chi connectivity index (χ4v) is 4.30. The van der Waals surface area contributed by atoms with Crippen LogP contribution < -0.4 is 5.56 Å². The average molecular weight is 567 g/mol. The largest absolute Gasteiger partial charge is 0.466 e. The first-order valence-electron chi connectivity index (χ1n) is 11.4. The molecule has 0 amide bonds. The first kappa shape index (κ1) is 29.0. The zero-order chi connectivity index (χ0) is 27.7. The molecule has 0 aliphatic rings. The molecule has 0 spiro atoms. The number of aromatic nitrogens is 4. The third-order valence-electron chi connectivity index (χ3n) is 5.50. The second-order valence-electron chi connectivity index (χ2n) is 9.87. The number of aromatic amines is 1. The van der Waals surface area contributed by atoms with Crippen molar-refractivity contribution in [3.63, 3.8) is 0 Å². The van der Waals surface area contributed by atoms with Crippen LogP contribution >= 0.6 is 31.0 Å². The fraction of sp³-hybridized carbons (Fsp3) is 0.320. The SMILES string of the molecule is CC(C)c1nn(-c2c(Cl)cccc2Cl)c2nc(Cc3ccc(C(C)(C)C)cc3)[nH]c(=O)c12.O=P(O)(O)O. The van der Waals surface area contributed by atoms with E-state index in [1.807, 2.05) is 13.8 Å². The van der Waals surface area contributed by atoms with Gasteiger partial charge >= 0.3 is 7.82 Å². The molecule has 0 aliphatic heterocycles. The van der Waals surface area contributed by atoms with E-state index in [0.29, 0.717) is 44.7 Å². The zero-order valence-electron chi connectivity index (χ0n) is 21.0. The van der Waals surface area contributed by atoms with E-state index in [0.717, 1.165) is 5.56 Å². The first-order chi connectivity index (χ1) is 17.1. The van der Waals surface area contributed by atoms with Crippen molar-refractivity contribution < 1.29 is 19.2 Å². The van der Waals surface area contributed by atoms with E-state index >= 15 is 0 Å². The van der Waals surface area contributed by atoms with Crippen molar-refractivity contribution in [3.8, 4) is 5.69 Å². The third-order valence-corrected chi connectivity index (χ3v) is 6.11. The van der Waals surface area contributed by atoms with Gasteiger partial charge in [-0.05, 0) is 34.6 Å². The maximum atomic E-state index is 13.1. The summed E-state index contributed by atoms with van der Waals surface area (Å²) in [6.45, 7) is 10.5. The fourth-order valence-electron chi connectivity index (χ4n) is 3.75. The number of H-pyrrole nitrogens is 1. The van der Waals surface area contributed by atoms with Gasteiger partial charge in [-0.15, -0.1) is 0 Å². The number of para-hydroxylation sites is 1. The maximum absolute atomic E-state index is 13.1. The smallest absolute Gasteiger partial charge is 0.310 e. The molecule has 9 nitrogen and oxygen atoms in total. The molecule has 0 atom stereocenters. The molecule has 0 aliphatic carbocycles. The van der Waals surface area contributed by atoms with Crippen molar-refractivity contribution in [1.29, 1.82) is 0 Å². The first-order valence-corrected chi connectivity index (χ1v) is 13.7. The Bertz CT molecular complexity index is 1490. The van der Waals surface area contributed by atoms with Crippen LogP contribution in [0.5, 0.6) is 0 Å². The van der Waals surface area contributed by atoms with Crippen molar-refractivity contribution in [3.05, 3.63) is 85.5 Å². The summed E-state index contributed by atoms with van der Waals surface area (Å²) in [5.74, 6) is 0.587. The van der Waals surface area contributed by atoms with E-state index in [1.165, 1.54) is 5.56 Å². The second-order valence-corrected chi connectivity index (χ2v) is 11.7. The van der Waals surface area contributed by atoms with Gasteiger partial charge in [-0.3, -0.25) is 4.79 Å². The molecule has 12 heteroatoms. The standard InChI is InChI=1S/C25H26Cl2N4O.H3O4P/c1-14(2)21-20-23(31(30-21)22-17(26)7-6-8-18(22)27)28-19(29-24(20)32)13-15-9-11-16(12-10-15)25(3,4)5;1-5(2,3)4/h6-12,14H,13H2,1-5H3,(H,28,29,32);(H3,1,2,3,4). The molecule has 2 heterocycles. The van der Waals surface area contributed by atoms with E-state index in [9.17, 15) is 4.79 Å². The van der Waals surface area contributed by atoms with Crippen LogP contribution in [0.4, 0.5) is 0 Å². The highest BCUT2D eigenvalue weighted by molar-refractivity contribution is 7.45. The van der Waals surface area contributed by atoms with E-state index in [1.54, 1.807) is 22.9 Å². The molecule has 2 aromatic heterocycles. The highest BCUT2D eigenvalue weighted by atomic mass is 35.5. The van der Waals surface area contributed by atoms with Crippen LogP contribution in [0.3, 0.4) is 0 Å². The minimum absolute atomic E-state index is 0.0266. The molecule has 0 bridgehead atoms. The van der Waals surface area contributed by atoms with Gasteiger partial charge in [0.2, 0.25) is 0 Å². The predicted octanol–water partition coefficient (Wildman–Crippen LogP) is 5.50. The van der Waals surface area contributed by atoms with E-state index in [4.69, 9.17) is 52.5 Å². The van der Waals surface area contributed by atoms with Crippen molar-refractivity contribution in [2.45, 2.75) is 52.4 Å². The van der Waals surface area contributed by atoms with Gasteiger partial charge in [0.05, 0.1) is 15.7 Å². The van der Waals surface area contributed by atoms with Crippen LogP contribution in [0.15, 0.2) is 47.3 Å². The lowest BCUT2D eigenvalue weighted by Crippen LogP contribution is -2.14. The number of hydrogen-bond donors (Lipinski definition) is 4. The summed E-state index contributed by atoms with van der Waals surface area (Å²) in [7, 11) is -4.64. The molecule has 4 aromatic rings. The van der Waals surface area contributed by atoms with Gasteiger partial charge < -0.3 is 19.7 Å². The summed E-state index contributed by atoms with van der Waals surface area (Å²) < 4.78 is 10.5. The Labute approximate surface area is 224 Å². The van der Waals surface area contributed by atoms with Crippen LogP contribution in [0.25, 0.3) is 16.7 Å². The normalized spacial score (nSPS) is 12.1. The highest BCUT2D eigenvalue weighted by Gasteiger charge is 2.22. The van der Waals surface area contributed by atoms with Gasteiger partial charge in [0, 0.05) is 6.42 Å². The monoisotopic (exact) mass is 566 g/mol. The molecular formula is C25H29Cl2N4O5P. The molecule has 2 aromatic carbocycles. The summed E-state index contributed by atoms with van der Waals surface area (Å²) in [6.07, 6.45) is 0.494. The van der Waals surface area contributed by atoms with Gasteiger partial charge in [-0.25, -0.2) is 14.2 Å². The molecule has 0 radical (unpaired) electrons. The Morgan fingerprint density at radius 2 is 1.57 bits per heavy atom. The molecule has 0 unspecified atom stereocenters. The number of fused-ring (bicyclic) bond motifs is 1. The van der Waals surface area contributed by atoms with Crippen LogP contribution in [-0.4, -0.2) is 34.4 Å². The van der Waals surface area contributed by atoms with Crippen molar-refractivity contribution >= 4 is 42.1 Å². The molecule has 37 heavy (non-hydrogen) atoms. The zero-order valence-corrected chi connectivity index (χ0v) is 23.4. The summed E-state index contributed by atoms with van der Waals surface area (Å²) >= 11 is 12.9. The maximum Gasteiger partial charge on any atom is 0.466 e. The molecule has 198 valence electrons. The Balaban J connectivity index is 0.000000695. The lowest BCUT2D eigenvalue weighted by molar-refractivity contribution is 0.275. The number of nitrogens with zero attached hydrogens (tertiary/aromatic N) is 3. The van der Waals surface area contributed by atoms with Gasteiger partial charge in [0.25, 0.3) is 5.56 Å². The van der Waals surface area contributed by atoms with E-state index in [2.05, 4.69) is 50.0 Å². The minimum atomic E-state index is -4.64. The van der Waals surface area contributed by atoms with Crippen molar-refractivity contribution in [1.82, 2.24) is 19.7 Å². The number of benzene rings is 2. The summed E-state index contributed by atoms with van der Waals surface area (Å²) in [5, 5.41) is 6.04. The Morgan fingerprint density at radius 3 is 2.05 bits per heavy atom. The Morgan fingerprint density at radius 1 is 1.03 bits per heavy atom. The molecule has 0 saturated heterocycles. The van der Waals surface area contributed by atoms with Gasteiger partial charge in [-0.2, -0.15) is 5.10 Å². The van der Waals surface area contributed by atoms with Crippen LogP contribution in [0, 0.1) is 0 Å². The highest BCUT2D eigenvalue weighted by Crippen LogP contribution is 2.32. The topological polar surface area (TPSA) is 141 Å². The summed E-state index contributed by atoms with van der Waals surface area (Å²) in [4.78, 5) is 42.4. The lowest BCUT2D eigenvalue weighted by atomic mass is 9.86. The number of phosphoric acid groups is 1. The van der Waals surface area contributed by atoms with E-state index in [-0.39, 0.29) is 16.9 Å². The van der Waals surface area contributed by atoms with E-state index < -0.39 is 7.82 Å². The third kappa shape index (κ3) is 7.29. The van der Waals surface area contributed by atoms with Gasteiger partial charge in [0.1, 0.15) is 16.9 Å². The molecule has 4 rings (SSSR count). The minimum Gasteiger partial charge on any atom is -0.310 e. The molecule has 4 N–H and O–H groups in total. The van der Waals surface area contributed by atoms with Crippen molar-refractivity contribution in [2.75, 3.05) is 0 Å². The van der Waals surface area contributed by atoms with Crippen molar-refractivity contribution in [2.24, 2.45) is 0 Å².